The van der Waals surface area contributed by atoms with Gasteiger partial charge in [-0.05, 0) is 24.6 Å². The van der Waals surface area contributed by atoms with Gasteiger partial charge in [0.25, 0.3) is 0 Å². The smallest absolute Gasteiger partial charge is 0.180 e. The van der Waals surface area contributed by atoms with Crippen LogP contribution in [-0.4, -0.2) is 50.0 Å². The van der Waals surface area contributed by atoms with Crippen LogP contribution in [-0.2, 0) is 0 Å². The molecular weight excluding hydrogens is 276 g/mol. The molecule has 0 aliphatic carbocycles. The van der Waals surface area contributed by atoms with Crippen LogP contribution >= 0.6 is 11.6 Å². The Morgan fingerprint density at radius 3 is 2.85 bits per heavy atom. The minimum atomic E-state index is 0.0699. The number of benzene rings is 1. The van der Waals surface area contributed by atoms with E-state index in [-0.39, 0.29) is 5.78 Å². The second kappa shape index (κ2) is 7.62. The Hall–Kier alpha value is -1.10. The predicted octanol–water partition coefficient (Wildman–Crippen LogP) is 2.22. The Bertz CT molecular complexity index is 459. The molecule has 5 heteroatoms. The molecule has 1 aromatic rings. The van der Waals surface area contributed by atoms with Crippen LogP contribution in [0, 0.1) is 0 Å². The minimum Gasteiger partial charge on any atom is -0.493 e. The van der Waals surface area contributed by atoms with Crippen LogP contribution in [0.5, 0.6) is 5.75 Å². The second-order valence-electron chi connectivity index (χ2n) is 4.94. The van der Waals surface area contributed by atoms with E-state index in [9.17, 15) is 4.79 Å². The van der Waals surface area contributed by atoms with Gasteiger partial charge < -0.3 is 10.1 Å². The van der Waals surface area contributed by atoms with Gasteiger partial charge in [-0.1, -0.05) is 18.5 Å². The largest absolute Gasteiger partial charge is 0.493 e. The highest BCUT2D eigenvalue weighted by Gasteiger charge is 2.18. The van der Waals surface area contributed by atoms with E-state index in [0.717, 1.165) is 32.6 Å². The van der Waals surface area contributed by atoms with Crippen LogP contribution in [0.1, 0.15) is 23.7 Å². The third kappa shape index (κ3) is 4.20. The van der Waals surface area contributed by atoms with E-state index in [1.54, 1.807) is 18.2 Å². The summed E-state index contributed by atoms with van der Waals surface area (Å²) in [6.07, 6.45) is 0.911. The van der Waals surface area contributed by atoms with E-state index in [2.05, 4.69) is 10.2 Å². The molecule has 0 radical (unpaired) electrons. The summed E-state index contributed by atoms with van der Waals surface area (Å²) in [5.41, 5.74) is 0.587. The quantitative estimate of drug-likeness (QED) is 0.817. The molecular formula is C15H21ClN2O2. The van der Waals surface area contributed by atoms with Gasteiger partial charge in [0.2, 0.25) is 0 Å². The fraction of sp³-hybridized carbons (Fsp3) is 0.533. The Morgan fingerprint density at radius 1 is 1.40 bits per heavy atom. The third-order valence-corrected chi connectivity index (χ3v) is 3.52. The van der Waals surface area contributed by atoms with Crippen molar-refractivity contribution < 1.29 is 9.53 Å². The van der Waals surface area contributed by atoms with Gasteiger partial charge in [0.05, 0.1) is 18.7 Å². The summed E-state index contributed by atoms with van der Waals surface area (Å²) in [7, 11) is 0. The van der Waals surface area contributed by atoms with Crippen molar-refractivity contribution in [3.63, 3.8) is 0 Å². The molecule has 0 amide bonds. The van der Waals surface area contributed by atoms with E-state index >= 15 is 0 Å². The first-order valence-corrected chi connectivity index (χ1v) is 7.47. The summed E-state index contributed by atoms with van der Waals surface area (Å²) in [6, 6.07) is 5.24. The Morgan fingerprint density at radius 2 is 2.15 bits per heavy atom. The molecule has 1 saturated heterocycles. The molecule has 0 atom stereocenters. The number of carbonyl (C=O) groups excluding carboxylic acids is 1. The number of hydrogen-bond acceptors (Lipinski definition) is 4. The Balaban J connectivity index is 2.08. The number of carbonyl (C=O) groups is 1. The number of halogens is 1. The molecule has 0 unspecified atom stereocenters. The normalized spacial score (nSPS) is 16.1. The van der Waals surface area contributed by atoms with Crippen LogP contribution in [0.4, 0.5) is 0 Å². The summed E-state index contributed by atoms with van der Waals surface area (Å²) in [4.78, 5) is 14.6. The van der Waals surface area contributed by atoms with Gasteiger partial charge in [-0.25, -0.2) is 0 Å². The van der Waals surface area contributed by atoms with Gasteiger partial charge in [-0.3, -0.25) is 9.69 Å². The highest BCUT2D eigenvalue weighted by molar-refractivity contribution is 6.31. The van der Waals surface area contributed by atoms with E-state index in [4.69, 9.17) is 16.3 Å². The summed E-state index contributed by atoms with van der Waals surface area (Å²) in [6.45, 7) is 6.73. The lowest BCUT2D eigenvalue weighted by Gasteiger charge is -2.26. The van der Waals surface area contributed by atoms with Crippen LogP contribution in [0.3, 0.4) is 0 Å². The summed E-state index contributed by atoms with van der Waals surface area (Å²) in [5, 5.41) is 3.84. The van der Waals surface area contributed by atoms with Crippen LogP contribution in [0.2, 0.25) is 5.02 Å². The lowest BCUT2D eigenvalue weighted by molar-refractivity contribution is 0.0917. The number of nitrogens with zero attached hydrogens (tertiary/aromatic N) is 1. The molecule has 1 N–H and O–H groups in total. The molecule has 1 aliphatic rings. The van der Waals surface area contributed by atoms with Crippen molar-refractivity contribution >= 4 is 17.4 Å². The molecule has 1 aliphatic heterocycles. The van der Waals surface area contributed by atoms with Crippen molar-refractivity contribution in [2.45, 2.75) is 13.3 Å². The van der Waals surface area contributed by atoms with E-state index in [1.807, 2.05) is 6.92 Å². The van der Waals surface area contributed by atoms with Gasteiger partial charge in [0.1, 0.15) is 5.75 Å². The number of rotatable bonds is 6. The number of nitrogens with one attached hydrogen (secondary N) is 1. The minimum absolute atomic E-state index is 0.0699. The number of Topliss-reactive ketones (excluding diaryl/α,β-unsaturated/α-hetero) is 1. The zero-order valence-electron chi connectivity index (χ0n) is 11.8. The maximum Gasteiger partial charge on any atom is 0.180 e. The fourth-order valence-electron chi connectivity index (χ4n) is 2.22. The molecule has 20 heavy (non-hydrogen) atoms. The number of ketones is 1. The predicted molar refractivity (Wildman–Crippen MR) is 80.9 cm³/mol. The van der Waals surface area contributed by atoms with Gasteiger partial charge >= 0.3 is 0 Å². The van der Waals surface area contributed by atoms with Crippen molar-refractivity contribution in [2.75, 3.05) is 39.3 Å². The summed E-state index contributed by atoms with van der Waals surface area (Å²) >= 11 is 6.01. The highest BCUT2D eigenvalue weighted by atomic mass is 35.5. The standard InChI is InChI=1S/C15H21ClN2O2/c1-2-9-20-15-4-3-12(16)10-13(15)14(19)11-18-7-5-17-6-8-18/h3-4,10,17H,2,5-9,11H2,1H3. The van der Waals surface area contributed by atoms with Gasteiger partial charge in [0, 0.05) is 31.2 Å². The molecule has 0 spiro atoms. The van der Waals surface area contributed by atoms with Crippen LogP contribution in [0.25, 0.3) is 0 Å². The number of hydrogen-bond donors (Lipinski definition) is 1. The molecule has 110 valence electrons. The van der Waals surface area contributed by atoms with Crippen molar-refractivity contribution in [2.24, 2.45) is 0 Å². The molecule has 0 bridgehead atoms. The maximum atomic E-state index is 12.4. The maximum absolute atomic E-state index is 12.4. The van der Waals surface area contributed by atoms with Gasteiger partial charge in [-0.15, -0.1) is 0 Å². The molecule has 0 saturated carbocycles. The van der Waals surface area contributed by atoms with Crippen molar-refractivity contribution in [1.29, 1.82) is 0 Å². The zero-order chi connectivity index (χ0) is 14.4. The monoisotopic (exact) mass is 296 g/mol. The van der Waals surface area contributed by atoms with Crippen LogP contribution in [0.15, 0.2) is 18.2 Å². The average molecular weight is 297 g/mol. The number of piperazine rings is 1. The van der Waals surface area contributed by atoms with E-state index in [0.29, 0.717) is 29.5 Å². The topological polar surface area (TPSA) is 41.6 Å². The molecule has 1 aromatic carbocycles. The first-order chi connectivity index (χ1) is 9.70. The third-order valence-electron chi connectivity index (χ3n) is 3.28. The Kier molecular flexibility index (Phi) is 5.83. The van der Waals surface area contributed by atoms with Gasteiger partial charge in [-0.2, -0.15) is 0 Å². The Labute approximate surface area is 125 Å². The molecule has 2 rings (SSSR count). The van der Waals surface area contributed by atoms with Crippen molar-refractivity contribution in [3.05, 3.63) is 28.8 Å². The van der Waals surface area contributed by atoms with Crippen LogP contribution < -0.4 is 10.1 Å². The first-order valence-electron chi connectivity index (χ1n) is 7.09. The summed E-state index contributed by atoms with van der Waals surface area (Å²) in [5.74, 6) is 0.705. The molecule has 1 fully saturated rings. The second-order valence-corrected chi connectivity index (χ2v) is 5.37. The van der Waals surface area contributed by atoms with Gasteiger partial charge in [0.15, 0.2) is 5.78 Å². The average Bonchev–Trinajstić information content (AvgIpc) is 2.47. The summed E-state index contributed by atoms with van der Waals surface area (Å²) < 4.78 is 5.64. The van der Waals surface area contributed by atoms with E-state index < -0.39 is 0 Å². The van der Waals surface area contributed by atoms with E-state index in [1.165, 1.54) is 0 Å². The molecule has 0 aromatic heterocycles. The lowest BCUT2D eigenvalue weighted by Crippen LogP contribution is -2.45. The zero-order valence-corrected chi connectivity index (χ0v) is 12.6. The first kappa shape index (κ1) is 15.3. The molecule has 4 nitrogen and oxygen atoms in total. The molecule has 1 heterocycles. The van der Waals surface area contributed by atoms with Crippen molar-refractivity contribution in [1.82, 2.24) is 10.2 Å². The fourth-order valence-corrected chi connectivity index (χ4v) is 2.39. The lowest BCUT2D eigenvalue weighted by atomic mass is 10.1. The SMILES string of the molecule is CCCOc1ccc(Cl)cc1C(=O)CN1CCNCC1. The highest BCUT2D eigenvalue weighted by Crippen LogP contribution is 2.24. The number of ether oxygens (including phenoxy) is 1. The van der Waals surface area contributed by atoms with Crippen molar-refractivity contribution in [3.8, 4) is 5.75 Å².